The first-order valence-corrected chi connectivity index (χ1v) is 11.2. The van der Waals surface area contributed by atoms with Gasteiger partial charge in [-0.15, -0.1) is 0 Å². The van der Waals surface area contributed by atoms with Crippen LogP contribution in [0, 0.1) is 26.7 Å². The van der Waals surface area contributed by atoms with Crippen LogP contribution in [0.4, 0.5) is 17.1 Å². The number of amides is 2. The van der Waals surface area contributed by atoms with Crippen molar-refractivity contribution in [2.45, 2.75) is 27.2 Å². The van der Waals surface area contributed by atoms with E-state index in [-0.39, 0.29) is 5.91 Å². The summed E-state index contributed by atoms with van der Waals surface area (Å²) in [5, 5.41) is 2.74. The Morgan fingerprint density at radius 3 is 2.38 bits per heavy atom. The molecule has 8 heteroatoms. The minimum atomic E-state index is -3.44. The van der Waals surface area contributed by atoms with Crippen molar-refractivity contribution in [2.75, 3.05) is 27.7 Å². The number of anilines is 3. The first-order chi connectivity index (χ1) is 13.5. The maximum atomic E-state index is 12.8. The molecule has 2 aromatic rings. The molecule has 2 amide bonds. The van der Waals surface area contributed by atoms with Gasteiger partial charge in [0.05, 0.1) is 11.9 Å². The van der Waals surface area contributed by atoms with Crippen molar-refractivity contribution in [1.82, 2.24) is 0 Å². The van der Waals surface area contributed by atoms with Crippen LogP contribution in [0.5, 0.6) is 0 Å². The van der Waals surface area contributed by atoms with E-state index < -0.39 is 21.8 Å². The van der Waals surface area contributed by atoms with Crippen LogP contribution >= 0.6 is 0 Å². The summed E-state index contributed by atoms with van der Waals surface area (Å²) in [7, 11) is -3.44. The Balaban J connectivity index is 1.74. The second-order valence-electron chi connectivity index (χ2n) is 7.49. The lowest BCUT2D eigenvalue weighted by molar-refractivity contribution is -0.129. The van der Waals surface area contributed by atoms with Gasteiger partial charge in [0.25, 0.3) is 0 Å². The van der Waals surface area contributed by atoms with E-state index in [2.05, 4.69) is 10.0 Å². The Hall–Kier alpha value is -2.87. The Morgan fingerprint density at radius 2 is 1.72 bits per heavy atom. The zero-order chi connectivity index (χ0) is 21.3. The standard InChI is InChI=1S/C21H25N3O4S/c1-13-6-8-17(11-15(13)3)24-10-9-18(21(24)26)20(25)22-16-7-5-14(2)19(12-16)23-29(4,27)28/h5-8,11-12,18,23H,9-10H2,1-4H3,(H,22,25)/t18-/m1/s1. The van der Waals surface area contributed by atoms with Crippen molar-refractivity contribution < 1.29 is 18.0 Å². The third-order valence-electron chi connectivity index (χ3n) is 5.12. The summed E-state index contributed by atoms with van der Waals surface area (Å²) in [6, 6.07) is 10.8. The summed E-state index contributed by atoms with van der Waals surface area (Å²) >= 11 is 0. The molecule has 1 aliphatic rings. The fraction of sp³-hybridized carbons (Fsp3) is 0.333. The highest BCUT2D eigenvalue weighted by molar-refractivity contribution is 7.92. The number of carbonyl (C=O) groups is 2. The van der Waals surface area contributed by atoms with Crippen LogP contribution in [0.2, 0.25) is 0 Å². The largest absolute Gasteiger partial charge is 0.325 e. The van der Waals surface area contributed by atoms with Gasteiger partial charge in [0, 0.05) is 17.9 Å². The topological polar surface area (TPSA) is 95.6 Å². The van der Waals surface area contributed by atoms with E-state index in [0.29, 0.717) is 24.3 Å². The number of carbonyl (C=O) groups excluding carboxylic acids is 2. The molecule has 0 unspecified atom stereocenters. The number of rotatable bonds is 5. The van der Waals surface area contributed by atoms with E-state index >= 15 is 0 Å². The molecule has 1 heterocycles. The summed E-state index contributed by atoms with van der Waals surface area (Å²) in [6.07, 6.45) is 1.49. The smallest absolute Gasteiger partial charge is 0.239 e. The first kappa shape index (κ1) is 20.9. The number of nitrogens with one attached hydrogen (secondary N) is 2. The van der Waals surface area contributed by atoms with Gasteiger partial charge < -0.3 is 10.2 Å². The molecule has 1 atom stereocenters. The van der Waals surface area contributed by atoms with E-state index in [4.69, 9.17) is 0 Å². The second-order valence-corrected chi connectivity index (χ2v) is 9.24. The zero-order valence-corrected chi connectivity index (χ0v) is 17.8. The Bertz CT molecular complexity index is 1080. The van der Waals surface area contributed by atoms with E-state index in [9.17, 15) is 18.0 Å². The maximum Gasteiger partial charge on any atom is 0.239 e. The van der Waals surface area contributed by atoms with E-state index in [0.717, 1.165) is 28.6 Å². The molecule has 0 aromatic heterocycles. The molecular weight excluding hydrogens is 390 g/mol. The zero-order valence-electron chi connectivity index (χ0n) is 16.9. The van der Waals surface area contributed by atoms with Gasteiger partial charge in [-0.2, -0.15) is 0 Å². The van der Waals surface area contributed by atoms with Gasteiger partial charge in [-0.05, 0) is 68.1 Å². The van der Waals surface area contributed by atoms with E-state index in [1.165, 1.54) is 0 Å². The average molecular weight is 416 g/mol. The SMILES string of the molecule is Cc1ccc(N2CC[C@H](C(=O)Nc3ccc(C)c(NS(C)(=O)=O)c3)C2=O)cc1C. The highest BCUT2D eigenvalue weighted by Gasteiger charge is 2.37. The average Bonchev–Trinajstić information content (AvgIpc) is 3.00. The molecule has 0 aliphatic carbocycles. The third kappa shape index (κ3) is 4.76. The molecule has 0 spiro atoms. The number of nitrogens with zero attached hydrogens (tertiary/aromatic N) is 1. The summed E-state index contributed by atoms with van der Waals surface area (Å²) in [4.78, 5) is 27.2. The number of hydrogen-bond acceptors (Lipinski definition) is 4. The Labute approximate surface area is 171 Å². The van der Waals surface area contributed by atoms with Gasteiger partial charge in [-0.3, -0.25) is 14.3 Å². The Morgan fingerprint density at radius 1 is 1.03 bits per heavy atom. The molecule has 2 aromatic carbocycles. The Kier molecular flexibility index (Phi) is 5.66. The van der Waals surface area contributed by atoms with Crippen LogP contribution < -0.4 is 14.9 Å². The van der Waals surface area contributed by atoms with Gasteiger partial charge >= 0.3 is 0 Å². The molecule has 7 nitrogen and oxygen atoms in total. The second kappa shape index (κ2) is 7.87. The molecule has 1 saturated heterocycles. The van der Waals surface area contributed by atoms with Crippen molar-refractivity contribution in [3.63, 3.8) is 0 Å². The highest BCUT2D eigenvalue weighted by Crippen LogP contribution is 2.28. The van der Waals surface area contributed by atoms with E-state index in [1.54, 1.807) is 30.0 Å². The fourth-order valence-corrected chi connectivity index (χ4v) is 3.93. The van der Waals surface area contributed by atoms with Crippen LogP contribution in [0.25, 0.3) is 0 Å². The van der Waals surface area contributed by atoms with Gasteiger partial charge in [0.1, 0.15) is 5.92 Å². The highest BCUT2D eigenvalue weighted by atomic mass is 32.2. The minimum Gasteiger partial charge on any atom is -0.325 e. The molecule has 154 valence electrons. The molecule has 0 saturated carbocycles. The molecular formula is C21H25N3O4S. The third-order valence-corrected chi connectivity index (χ3v) is 5.72. The molecule has 29 heavy (non-hydrogen) atoms. The van der Waals surface area contributed by atoms with Crippen LogP contribution in [-0.4, -0.2) is 33.0 Å². The maximum absolute atomic E-state index is 12.8. The van der Waals surface area contributed by atoms with Crippen molar-refractivity contribution in [1.29, 1.82) is 0 Å². The fourth-order valence-electron chi connectivity index (χ4n) is 3.31. The lowest BCUT2D eigenvalue weighted by Crippen LogP contribution is -2.33. The quantitative estimate of drug-likeness (QED) is 0.734. The lowest BCUT2D eigenvalue weighted by atomic mass is 10.1. The summed E-state index contributed by atoms with van der Waals surface area (Å²) in [6.45, 7) is 6.24. The number of sulfonamides is 1. The monoisotopic (exact) mass is 415 g/mol. The van der Waals surface area contributed by atoms with Crippen molar-refractivity contribution in [3.8, 4) is 0 Å². The molecule has 0 bridgehead atoms. The van der Waals surface area contributed by atoms with Crippen molar-refractivity contribution >= 4 is 38.9 Å². The number of benzene rings is 2. The molecule has 1 fully saturated rings. The number of hydrogen-bond donors (Lipinski definition) is 2. The molecule has 0 radical (unpaired) electrons. The van der Waals surface area contributed by atoms with E-state index in [1.807, 2.05) is 32.0 Å². The normalized spacial score (nSPS) is 16.8. The summed E-state index contributed by atoms with van der Waals surface area (Å²) in [5.41, 5.74) is 4.58. The summed E-state index contributed by atoms with van der Waals surface area (Å²) < 4.78 is 25.4. The molecule has 3 rings (SSSR count). The van der Waals surface area contributed by atoms with Gasteiger partial charge in [0.15, 0.2) is 0 Å². The molecule has 1 aliphatic heterocycles. The summed E-state index contributed by atoms with van der Waals surface area (Å²) in [5.74, 6) is -1.40. The van der Waals surface area contributed by atoms with Crippen molar-refractivity contribution in [3.05, 3.63) is 53.1 Å². The molecule has 2 N–H and O–H groups in total. The van der Waals surface area contributed by atoms with Crippen molar-refractivity contribution in [2.24, 2.45) is 5.92 Å². The lowest BCUT2D eigenvalue weighted by Gasteiger charge is -2.18. The van der Waals surface area contributed by atoms with Crippen LogP contribution in [0.1, 0.15) is 23.1 Å². The van der Waals surface area contributed by atoms with Gasteiger partial charge in [-0.1, -0.05) is 12.1 Å². The van der Waals surface area contributed by atoms with Gasteiger partial charge in [0.2, 0.25) is 21.8 Å². The van der Waals surface area contributed by atoms with Crippen LogP contribution in [0.3, 0.4) is 0 Å². The first-order valence-electron chi connectivity index (χ1n) is 9.33. The predicted molar refractivity (Wildman–Crippen MR) is 115 cm³/mol. The van der Waals surface area contributed by atoms with Crippen LogP contribution in [0.15, 0.2) is 36.4 Å². The predicted octanol–water partition coefficient (Wildman–Crippen LogP) is 2.97. The minimum absolute atomic E-state index is 0.229. The van der Waals surface area contributed by atoms with Gasteiger partial charge in [-0.25, -0.2) is 8.42 Å². The number of aryl methyl sites for hydroxylation is 3. The van der Waals surface area contributed by atoms with Crippen LogP contribution in [-0.2, 0) is 19.6 Å².